The number of carbonyl (C=O) groups excluding carboxylic acids is 1. The SMILES string of the molecule is C=C(/N=C(\C)F)c1ccc([C@H](C)NC(=O)N(C)C2CCN(C)CC2)c(Cl)c1Cl. The number of nitrogens with zero attached hydrogens (tertiary/aromatic N) is 3. The molecule has 154 valence electrons. The van der Waals surface area contributed by atoms with E-state index in [4.69, 9.17) is 23.2 Å². The third kappa shape index (κ3) is 5.46. The van der Waals surface area contributed by atoms with Crippen LogP contribution in [0.1, 0.15) is 43.9 Å². The van der Waals surface area contributed by atoms with Gasteiger partial charge in [0.1, 0.15) is 0 Å². The van der Waals surface area contributed by atoms with Gasteiger partial charge in [0.05, 0.1) is 21.8 Å². The summed E-state index contributed by atoms with van der Waals surface area (Å²) in [6.45, 7) is 8.75. The third-order valence-electron chi connectivity index (χ3n) is 5.07. The summed E-state index contributed by atoms with van der Waals surface area (Å²) in [5, 5.41) is 3.50. The molecule has 0 saturated carbocycles. The van der Waals surface area contributed by atoms with Crippen molar-refractivity contribution >= 4 is 40.9 Å². The molecule has 2 rings (SSSR count). The molecular weight excluding hydrogens is 402 g/mol. The number of piperidine rings is 1. The average Bonchev–Trinajstić information content (AvgIpc) is 2.63. The molecule has 8 heteroatoms. The Bertz CT molecular complexity index is 772. The van der Waals surface area contributed by atoms with E-state index in [9.17, 15) is 9.18 Å². The average molecular weight is 429 g/mol. The molecular formula is C20H27Cl2FN4O. The maximum atomic E-state index is 13.0. The van der Waals surface area contributed by atoms with E-state index >= 15 is 0 Å². The van der Waals surface area contributed by atoms with E-state index in [-0.39, 0.29) is 28.8 Å². The van der Waals surface area contributed by atoms with Crippen LogP contribution in [0.2, 0.25) is 10.0 Å². The number of hydrogen-bond donors (Lipinski definition) is 1. The van der Waals surface area contributed by atoms with E-state index < -0.39 is 5.97 Å². The van der Waals surface area contributed by atoms with Gasteiger partial charge < -0.3 is 15.1 Å². The van der Waals surface area contributed by atoms with Gasteiger partial charge in [-0.1, -0.05) is 41.9 Å². The lowest BCUT2D eigenvalue weighted by Crippen LogP contribution is -2.48. The van der Waals surface area contributed by atoms with Crippen molar-refractivity contribution in [2.24, 2.45) is 4.99 Å². The van der Waals surface area contributed by atoms with Gasteiger partial charge in [0.2, 0.25) is 0 Å². The smallest absolute Gasteiger partial charge is 0.317 e. The molecule has 0 bridgehead atoms. The van der Waals surface area contributed by atoms with Gasteiger partial charge in [0, 0.05) is 25.6 Å². The van der Waals surface area contributed by atoms with Crippen LogP contribution in [0.4, 0.5) is 9.18 Å². The lowest BCUT2D eigenvalue weighted by atomic mass is 10.0. The van der Waals surface area contributed by atoms with Crippen molar-refractivity contribution in [2.75, 3.05) is 27.2 Å². The van der Waals surface area contributed by atoms with Crippen molar-refractivity contribution in [1.82, 2.24) is 15.1 Å². The van der Waals surface area contributed by atoms with Gasteiger partial charge in [0.15, 0.2) is 5.97 Å². The molecule has 1 aromatic rings. The number of likely N-dealkylation sites (tertiary alicyclic amines) is 1. The van der Waals surface area contributed by atoms with Crippen molar-refractivity contribution in [1.29, 1.82) is 0 Å². The van der Waals surface area contributed by atoms with Crippen molar-refractivity contribution in [3.05, 3.63) is 39.9 Å². The summed E-state index contributed by atoms with van der Waals surface area (Å²) in [6, 6.07) is 3.15. The number of rotatable bonds is 5. The number of nitrogens with one attached hydrogen (secondary N) is 1. The predicted molar refractivity (Wildman–Crippen MR) is 115 cm³/mol. The summed E-state index contributed by atoms with van der Waals surface area (Å²) in [5.41, 5.74) is 1.32. The summed E-state index contributed by atoms with van der Waals surface area (Å²) < 4.78 is 13.0. The van der Waals surface area contributed by atoms with Crippen molar-refractivity contribution in [3.63, 3.8) is 0 Å². The van der Waals surface area contributed by atoms with Gasteiger partial charge in [-0.15, -0.1) is 0 Å². The first-order valence-electron chi connectivity index (χ1n) is 9.21. The van der Waals surface area contributed by atoms with E-state index in [1.165, 1.54) is 6.92 Å². The molecule has 1 heterocycles. The number of urea groups is 1. The van der Waals surface area contributed by atoms with Crippen LogP contribution < -0.4 is 5.32 Å². The Labute approximate surface area is 176 Å². The maximum absolute atomic E-state index is 13.0. The van der Waals surface area contributed by atoms with Crippen LogP contribution in [0.3, 0.4) is 0 Å². The molecule has 0 radical (unpaired) electrons. The van der Waals surface area contributed by atoms with Crippen molar-refractivity contribution in [3.8, 4) is 0 Å². The molecule has 0 spiro atoms. The molecule has 1 aromatic carbocycles. The van der Waals surface area contributed by atoms with E-state index in [1.807, 2.05) is 14.0 Å². The van der Waals surface area contributed by atoms with E-state index in [0.29, 0.717) is 16.1 Å². The monoisotopic (exact) mass is 428 g/mol. The summed E-state index contributed by atoms with van der Waals surface area (Å²) in [5.74, 6) is -0.612. The quantitative estimate of drug-likeness (QED) is 0.659. The molecule has 1 fully saturated rings. The lowest BCUT2D eigenvalue weighted by Gasteiger charge is -2.35. The highest BCUT2D eigenvalue weighted by Crippen LogP contribution is 2.36. The van der Waals surface area contributed by atoms with Crippen LogP contribution >= 0.6 is 23.2 Å². The van der Waals surface area contributed by atoms with E-state index in [2.05, 4.69) is 28.8 Å². The first-order valence-corrected chi connectivity index (χ1v) is 9.97. The minimum atomic E-state index is -0.612. The summed E-state index contributed by atoms with van der Waals surface area (Å²) in [4.78, 5) is 20.4. The van der Waals surface area contributed by atoms with Gasteiger partial charge in [-0.05, 0) is 45.5 Å². The Morgan fingerprint density at radius 1 is 1.36 bits per heavy atom. The molecule has 1 atom stereocenters. The Kier molecular flexibility index (Phi) is 7.87. The normalized spacial score (nSPS) is 17.3. The van der Waals surface area contributed by atoms with Gasteiger partial charge >= 0.3 is 6.03 Å². The maximum Gasteiger partial charge on any atom is 0.317 e. The fraction of sp³-hybridized carbons (Fsp3) is 0.500. The van der Waals surface area contributed by atoms with Crippen molar-refractivity contribution in [2.45, 2.75) is 38.8 Å². The second-order valence-corrected chi connectivity index (χ2v) is 7.96. The Hall–Kier alpha value is -1.63. The predicted octanol–water partition coefficient (Wildman–Crippen LogP) is 5.15. The van der Waals surface area contributed by atoms with Crippen LogP contribution in [0.5, 0.6) is 0 Å². The minimum Gasteiger partial charge on any atom is -0.331 e. The summed E-state index contributed by atoms with van der Waals surface area (Å²) in [6.07, 6.45) is 1.90. The lowest BCUT2D eigenvalue weighted by molar-refractivity contribution is 0.146. The molecule has 0 aliphatic carbocycles. The highest BCUT2D eigenvalue weighted by atomic mass is 35.5. The highest BCUT2D eigenvalue weighted by Gasteiger charge is 2.25. The number of aliphatic imine (C=N–C) groups is 1. The van der Waals surface area contributed by atoms with Gasteiger partial charge in [0.25, 0.3) is 0 Å². The van der Waals surface area contributed by atoms with Gasteiger partial charge in [-0.3, -0.25) is 0 Å². The topological polar surface area (TPSA) is 47.9 Å². The molecule has 5 nitrogen and oxygen atoms in total. The van der Waals surface area contributed by atoms with Crippen LogP contribution in [-0.2, 0) is 0 Å². The van der Waals surface area contributed by atoms with Gasteiger partial charge in [-0.25, -0.2) is 9.79 Å². The van der Waals surface area contributed by atoms with Crippen LogP contribution in [0.15, 0.2) is 23.7 Å². The summed E-state index contributed by atoms with van der Waals surface area (Å²) >= 11 is 12.8. The molecule has 0 aromatic heterocycles. The zero-order valence-corrected chi connectivity index (χ0v) is 18.2. The first kappa shape index (κ1) is 22.7. The number of halogens is 3. The Morgan fingerprint density at radius 3 is 2.54 bits per heavy atom. The number of amides is 2. The molecule has 1 N–H and O–H groups in total. The first-order chi connectivity index (χ1) is 13.1. The zero-order valence-electron chi connectivity index (χ0n) is 16.7. The Morgan fingerprint density at radius 2 is 1.96 bits per heavy atom. The van der Waals surface area contributed by atoms with E-state index in [0.717, 1.165) is 25.9 Å². The standard InChI is InChI=1S/C20H27Cl2FN4O/c1-12(24-14(3)23)16-6-7-17(19(22)18(16)21)13(2)25-20(28)27(5)15-8-10-26(4)11-9-15/h6-7,13,15H,1,8-11H2,2-5H3,(H,25,28)/b24-14+/t13-/m0/s1. The second-order valence-electron chi connectivity index (χ2n) is 7.20. The van der Waals surface area contributed by atoms with Crippen LogP contribution in [-0.4, -0.2) is 55.0 Å². The minimum absolute atomic E-state index is 0.152. The van der Waals surface area contributed by atoms with E-state index in [1.54, 1.807) is 17.0 Å². The fourth-order valence-electron chi connectivity index (χ4n) is 3.28. The van der Waals surface area contributed by atoms with Crippen LogP contribution in [0, 0.1) is 0 Å². The number of carbonyl (C=O) groups is 1. The van der Waals surface area contributed by atoms with Gasteiger partial charge in [-0.2, -0.15) is 4.39 Å². The largest absolute Gasteiger partial charge is 0.331 e. The Balaban J connectivity index is 2.10. The van der Waals surface area contributed by atoms with Crippen LogP contribution in [0.25, 0.3) is 5.70 Å². The second kappa shape index (κ2) is 9.72. The molecule has 0 unspecified atom stereocenters. The number of hydrogen-bond acceptors (Lipinski definition) is 3. The molecule has 1 aliphatic heterocycles. The highest BCUT2D eigenvalue weighted by molar-refractivity contribution is 6.43. The zero-order chi connectivity index (χ0) is 21.0. The fourth-order valence-corrected chi connectivity index (χ4v) is 3.89. The third-order valence-corrected chi connectivity index (χ3v) is 5.97. The van der Waals surface area contributed by atoms with Crippen molar-refractivity contribution < 1.29 is 9.18 Å². The summed E-state index contributed by atoms with van der Waals surface area (Å²) in [7, 11) is 3.90. The molecule has 1 aliphatic rings. The molecule has 28 heavy (non-hydrogen) atoms. The number of benzene rings is 1. The molecule has 2 amide bonds. The molecule has 1 saturated heterocycles.